The summed E-state index contributed by atoms with van der Waals surface area (Å²) in [4.78, 5) is 0. The van der Waals surface area contributed by atoms with Crippen LogP contribution in [0.2, 0.25) is 5.02 Å². The zero-order chi connectivity index (χ0) is 10.1. The number of nitrogens with zero attached hydrogens (tertiary/aromatic N) is 1. The lowest BCUT2D eigenvalue weighted by Crippen LogP contribution is -2.04. The van der Waals surface area contributed by atoms with Gasteiger partial charge in [0.1, 0.15) is 0 Å². The summed E-state index contributed by atoms with van der Waals surface area (Å²) in [6, 6.07) is 5.99. The number of nitrogens with one attached hydrogen (secondary N) is 1. The number of hydrogen-bond acceptors (Lipinski definition) is 1. The SMILES string of the molecule is CNCc1cn(C)c2ccc(Cl)cc12. The van der Waals surface area contributed by atoms with Crippen LogP contribution in [0.25, 0.3) is 10.9 Å². The van der Waals surface area contributed by atoms with Gasteiger partial charge >= 0.3 is 0 Å². The van der Waals surface area contributed by atoms with Crippen LogP contribution in [0.3, 0.4) is 0 Å². The Labute approximate surface area is 88.5 Å². The van der Waals surface area contributed by atoms with Crippen molar-refractivity contribution < 1.29 is 0 Å². The lowest BCUT2D eigenvalue weighted by atomic mass is 10.2. The number of rotatable bonds is 2. The molecule has 74 valence electrons. The Kier molecular flexibility index (Phi) is 2.48. The van der Waals surface area contributed by atoms with E-state index in [9.17, 15) is 0 Å². The molecule has 2 nitrogen and oxygen atoms in total. The van der Waals surface area contributed by atoms with Crippen LogP contribution < -0.4 is 5.32 Å². The Bertz CT molecular complexity index is 460. The molecular formula is C11H13ClN2. The van der Waals surface area contributed by atoms with Crippen LogP contribution in [0.15, 0.2) is 24.4 Å². The number of aromatic nitrogens is 1. The monoisotopic (exact) mass is 208 g/mol. The molecule has 0 unspecified atom stereocenters. The molecule has 14 heavy (non-hydrogen) atoms. The van der Waals surface area contributed by atoms with E-state index < -0.39 is 0 Å². The van der Waals surface area contributed by atoms with Crippen LogP contribution in [-0.2, 0) is 13.6 Å². The van der Waals surface area contributed by atoms with Gasteiger partial charge in [0.15, 0.2) is 0 Å². The van der Waals surface area contributed by atoms with Crippen molar-refractivity contribution in [3.8, 4) is 0 Å². The zero-order valence-corrected chi connectivity index (χ0v) is 9.10. The number of benzene rings is 1. The molecule has 0 atom stereocenters. The number of fused-ring (bicyclic) bond motifs is 1. The molecule has 0 fully saturated rings. The highest BCUT2D eigenvalue weighted by atomic mass is 35.5. The smallest absolute Gasteiger partial charge is 0.0482 e. The summed E-state index contributed by atoms with van der Waals surface area (Å²) in [5, 5.41) is 5.18. The Morgan fingerprint density at radius 1 is 1.43 bits per heavy atom. The molecule has 1 aromatic heterocycles. The fourth-order valence-electron chi connectivity index (χ4n) is 1.78. The minimum atomic E-state index is 0.793. The summed E-state index contributed by atoms with van der Waals surface area (Å²) in [5.41, 5.74) is 2.51. The molecule has 2 aromatic rings. The Morgan fingerprint density at radius 2 is 2.21 bits per heavy atom. The van der Waals surface area contributed by atoms with Crippen LogP contribution >= 0.6 is 11.6 Å². The van der Waals surface area contributed by atoms with E-state index >= 15 is 0 Å². The van der Waals surface area contributed by atoms with E-state index in [2.05, 4.69) is 29.2 Å². The molecule has 1 aromatic carbocycles. The molecule has 0 aliphatic heterocycles. The first kappa shape index (κ1) is 9.56. The second-order valence-electron chi connectivity index (χ2n) is 3.46. The summed E-state index contributed by atoms with van der Waals surface area (Å²) >= 11 is 5.97. The summed E-state index contributed by atoms with van der Waals surface area (Å²) in [6.07, 6.45) is 2.14. The average Bonchev–Trinajstić information content (AvgIpc) is 2.44. The van der Waals surface area contributed by atoms with E-state index in [0.29, 0.717) is 0 Å². The van der Waals surface area contributed by atoms with Crippen LogP contribution in [0.5, 0.6) is 0 Å². The molecular weight excluding hydrogens is 196 g/mol. The van der Waals surface area contributed by atoms with Crippen LogP contribution in [0.1, 0.15) is 5.56 Å². The quantitative estimate of drug-likeness (QED) is 0.803. The van der Waals surface area contributed by atoms with E-state index in [0.717, 1.165) is 11.6 Å². The highest BCUT2D eigenvalue weighted by Gasteiger charge is 2.05. The lowest BCUT2D eigenvalue weighted by Gasteiger charge is -1.97. The number of halogens is 1. The van der Waals surface area contributed by atoms with Crippen molar-refractivity contribution in [1.82, 2.24) is 9.88 Å². The Morgan fingerprint density at radius 3 is 2.93 bits per heavy atom. The van der Waals surface area contributed by atoms with Crippen molar-refractivity contribution in [2.45, 2.75) is 6.54 Å². The average molecular weight is 209 g/mol. The first-order valence-corrected chi connectivity index (χ1v) is 4.98. The van der Waals surface area contributed by atoms with Gasteiger partial charge in [-0.2, -0.15) is 0 Å². The van der Waals surface area contributed by atoms with E-state index in [-0.39, 0.29) is 0 Å². The van der Waals surface area contributed by atoms with Gasteiger partial charge in [0.25, 0.3) is 0 Å². The summed E-state index contributed by atoms with van der Waals surface area (Å²) in [5.74, 6) is 0. The van der Waals surface area contributed by atoms with Crippen molar-refractivity contribution in [3.63, 3.8) is 0 Å². The Hall–Kier alpha value is -0.990. The van der Waals surface area contributed by atoms with Crippen molar-refractivity contribution in [2.24, 2.45) is 7.05 Å². The van der Waals surface area contributed by atoms with Gasteiger partial charge in [-0.3, -0.25) is 0 Å². The van der Waals surface area contributed by atoms with Crippen LogP contribution in [-0.4, -0.2) is 11.6 Å². The normalized spacial score (nSPS) is 11.1. The third kappa shape index (κ3) is 1.51. The van der Waals surface area contributed by atoms with Gasteiger partial charge in [-0.25, -0.2) is 0 Å². The molecule has 0 amide bonds. The van der Waals surface area contributed by atoms with Gasteiger partial charge < -0.3 is 9.88 Å². The maximum absolute atomic E-state index is 5.97. The molecule has 1 heterocycles. The Balaban J connectivity index is 2.66. The maximum atomic E-state index is 5.97. The summed E-state index contributed by atoms with van der Waals surface area (Å²) < 4.78 is 2.12. The largest absolute Gasteiger partial charge is 0.350 e. The van der Waals surface area contributed by atoms with Gasteiger partial charge in [-0.15, -0.1) is 0 Å². The zero-order valence-electron chi connectivity index (χ0n) is 8.34. The first-order chi connectivity index (χ1) is 6.72. The molecule has 1 N–H and O–H groups in total. The summed E-state index contributed by atoms with van der Waals surface area (Å²) in [6.45, 7) is 0.873. The van der Waals surface area contributed by atoms with E-state index in [1.807, 2.05) is 19.2 Å². The maximum Gasteiger partial charge on any atom is 0.0482 e. The molecule has 0 saturated heterocycles. The predicted molar refractivity (Wildman–Crippen MR) is 60.7 cm³/mol. The minimum Gasteiger partial charge on any atom is -0.350 e. The molecule has 3 heteroatoms. The highest BCUT2D eigenvalue weighted by Crippen LogP contribution is 2.23. The van der Waals surface area contributed by atoms with Crippen molar-refractivity contribution in [1.29, 1.82) is 0 Å². The number of aryl methyl sites for hydroxylation is 1. The standard InChI is InChI=1S/C11H13ClN2/c1-13-6-8-7-14(2)11-4-3-9(12)5-10(8)11/h3-5,7,13H,6H2,1-2H3. The van der Waals surface area contributed by atoms with Gasteiger partial charge in [-0.05, 0) is 30.8 Å². The van der Waals surface area contributed by atoms with Crippen LogP contribution in [0.4, 0.5) is 0 Å². The predicted octanol–water partition coefficient (Wildman–Crippen LogP) is 2.55. The topological polar surface area (TPSA) is 17.0 Å². The minimum absolute atomic E-state index is 0.793. The fourth-order valence-corrected chi connectivity index (χ4v) is 1.95. The summed E-state index contributed by atoms with van der Waals surface area (Å²) in [7, 11) is 4.00. The molecule has 0 aliphatic rings. The van der Waals surface area contributed by atoms with E-state index in [4.69, 9.17) is 11.6 Å². The lowest BCUT2D eigenvalue weighted by molar-refractivity contribution is 0.815. The molecule has 0 aliphatic carbocycles. The van der Waals surface area contributed by atoms with E-state index in [1.54, 1.807) is 0 Å². The van der Waals surface area contributed by atoms with Gasteiger partial charge in [0.05, 0.1) is 0 Å². The molecule has 0 saturated carbocycles. The third-order valence-corrected chi connectivity index (χ3v) is 2.64. The number of hydrogen-bond donors (Lipinski definition) is 1. The molecule has 0 radical (unpaired) electrons. The van der Waals surface area contributed by atoms with Crippen molar-refractivity contribution in [2.75, 3.05) is 7.05 Å². The first-order valence-electron chi connectivity index (χ1n) is 4.60. The van der Waals surface area contributed by atoms with Crippen molar-refractivity contribution in [3.05, 3.63) is 35.0 Å². The molecule has 0 spiro atoms. The fraction of sp³-hybridized carbons (Fsp3) is 0.273. The second-order valence-corrected chi connectivity index (χ2v) is 3.89. The van der Waals surface area contributed by atoms with Crippen molar-refractivity contribution >= 4 is 22.5 Å². The van der Waals surface area contributed by atoms with Gasteiger partial charge in [0.2, 0.25) is 0 Å². The third-order valence-electron chi connectivity index (χ3n) is 2.40. The van der Waals surface area contributed by atoms with Gasteiger partial charge in [0, 0.05) is 35.7 Å². The second kappa shape index (κ2) is 3.64. The van der Waals surface area contributed by atoms with Gasteiger partial charge in [-0.1, -0.05) is 11.6 Å². The van der Waals surface area contributed by atoms with E-state index in [1.165, 1.54) is 16.5 Å². The highest BCUT2D eigenvalue weighted by molar-refractivity contribution is 6.31. The van der Waals surface area contributed by atoms with Crippen LogP contribution in [0, 0.1) is 0 Å². The molecule has 0 bridgehead atoms. The molecule has 2 rings (SSSR count).